The summed E-state index contributed by atoms with van der Waals surface area (Å²) >= 11 is 0. The second kappa shape index (κ2) is 7.56. The molecule has 1 saturated heterocycles. The van der Waals surface area contributed by atoms with Gasteiger partial charge in [0, 0.05) is 0 Å². The second-order valence-corrected chi connectivity index (χ2v) is 6.74. The standard InChI is InChI=1S/C17H25N5O4/c1-11(16(23)24-3)20-10-25-8-17(2)7-6-14(26-17)12-4-5-13-15(18)19-9-21-22(12)13/h4-5,9,11,14,20H,6-8,10H2,1-3H3,(H2,18,19,21)/t11-,14+,17-/m0/s1. The third-order valence-electron chi connectivity index (χ3n) is 4.66. The molecule has 3 N–H and O–H groups in total. The fourth-order valence-electron chi connectivity index (χ4n) is 3.14. The fraction of sp³-hybridized carbons (Fsp3) is 0.588. The van der Waals surface area contributed by atoms with Gasteiger partial charge in [-0.1, -0.05) is 0 Å². The number of fused-ring (bicyclic) bond motifs is 1. The smallest absolute Gasteiger partial charge is 0.322 e. The van der Waals surface area contributed by atoms with Crippen LogP contribution in [-0.2, 0) is 19.0 Å². The maximum absolute atomic E-state index is 11.3. The van der Waals surface area contributed by atoms with E-state index in [2.05, 4.69) is 20.1 Å². The van der Waals surface area contributed by atoms with Crippen molar-refractivity contribution in [1.82, 2.24) is 19.9 Å². The van der Waals surface area contributed by atoms with Crippen molar-refractivity contribution in [3.05, 3.63) is 24.2 Å². The minimum atomic E-state index is -0.415. The Hall–Kier alpha value is -2.23. The lowest BCUT2D eigenvalue weighted by Crippen LogP contribution is -2.38. The molecule has 0 spiro atoms. The van der Waals surface area contributed by atoms with Crippen LogP contribution in [0.3, 0.4) is 0 Å². The molecule has 0 aromatic carbocycles. The number of nitrogens with two attached hydrogens (primary N) is 1. The molecule has 3 atom stereocenters. The summed E-state index contributed by atoms with van der Waals surface area (Å²) < 4.78 is 18.3. The second-order valence-electron chi connectivity index (χ2n) is 6.74. The Labute approximate surface area is 151 Å². The number of nitrogens with zero attached hydrogens (tertiary/aromatic N) is 3. The van der Waals surface area contributed by atoms with Crippen LogP contribution in [0.5, 0.6) is 0 Å². The first-order chi connectivity index (χ1) is 12.4. The summed E-state index contributed by atoms with van der Waals surface area (Å²) in [6, 6.07) is 3.46. The van der Waals surface area contributed by atoms with Gasteiger partial charge in [-0.05, 0) is 38.8 Å². The first kappa shape index (κ1) is 18.6. The molecule has 0 aliphatic carbocycles. The third kappa shape index (κ3) is 3.79. The molecule has 1 aliphatic heterocycles. The Morgan fingerprint density at radius 1 is 1.58 bits per heavy atom. The van der Waals surface area contributed by atoms with E-state index in [1.54, 1.807) is 11.4 Å². The van der Waals surface area contributed by atoms with Gasteiger partial charge in [0.2, 0.25) is 0 Å². The van der Waals surface area contributed by atoms with E-state index in [1.807, 2.05) is 19.1 Å². The predicted octanol–water partition coefficient (Wildman–Crippen LogP) is 1.05. The summed E-state index contributed by atoms with van der Waals surface area (Å²) in [4.78, 5) is 15.3. The Balaban J connectivity index is 1.55. The number of hydrogen-bond donors (Lipinski definition) is 2. The van der Waals surface area contributed by atoms with Gasteiger partial charge in [-0.2, -0.15) is 5.10 Å². The molecule has 0 unspecified atom stereocenters. The number of ether oxygens (including phenoxy) is 3. The molecule has 9 heteroatoms. The van der Waals surface area contributed by atoms with Crippen LogP contribution < -0.4 is 11.1 Å². The molecular weight excluding hydrogens is 338 g/mol. The zero-order valence-corrected chi connectivity index (χ0v) is 15.3. The van der Waals surface area contributed by atoms with Crippen LogP contribution in [0.2, 0.25) is 0 Å². The normalized spacial score (nSPS) is 24.0. The zero-order valence-electron chi connectivity index (χ0n) is 15.3. The third-order valence-corrected chi connectivity index (χ3v) is 4.66. The molecule has 2 aromatic heterocycles. The van der Waals surface area contributed by atoms with E-state index in [4.69, 9.17) is 15.2 Å². The number of nitrogen functional groups attached to an aromatic ring is 1. The average molecular weight is 363 g/mol. The lowest BCUT2D eigenvalue weighted by Gasteiger charge is -2.25. The molecule has 2 aromatic rings. The number of nitrogens with one attached hydrogen (secondary N) is 1. The van der Waals surface area contributed by atoms with Crippen molar-refractivity contribution in [3.63, 3.8) is 0 Å². The molecule has 3 heterocycles. The van der Waals surface area contributed by atoms with Gasteiger partial charge < -0.3 is 19.9 Å². The van der Waals surface area contributed by atoms with Crippen LogP contribution in [0, 0.1) is 0 Å². The number of carbonyl (C=O) groups excluding carboxylic acids is 1. The van der Waals surface area contributed by atoms with Gasteiger partial charge in [-0.15, -0.1) is 0 Å². The minimum Gasteiger partial charge on any atom is -0.468 e. The number of hydrogen-bond acceptors (Lipinski definition) is 8. The maximum Gasteiger partial charge on any atom is 0.322 e. The van der Waals surface area contributed by atoms with E-state index in [9.17, 15) is 4.79 Å². The van der Waals surface area contributed by atoms with Crippen LogP contribution in [0.1, 0.15) is 38.5 Å². The Morgan fingerprint density at radius 3 is 3.15 bits per heavy atom. The highest BCUT2D eigenvalue weighted by molar-refractivity contribution is 5.74. The van der Waals surface area contributed by atoms with Gasteiger partial charge in [-0.25, -0.2) is 9.50 Å². The zero-order chi connectivity index (χ0) is 18.7. The van der Waals surface area contributed by atoms with Crippen LogP contribution in [0.4, 0.5) is 5.82 Å². The molecule has 0 amide bonds. The highest BCUT2D eigenvalue weighted by Gasteiger charge is 2.38. The van der Waals surface area contributed by atoms with E-state index in [0.717, 1.165) is 24.1 Å². The summed E-state index contributed by atoms with van der Waals surface area (Å²) in [5.41, 5.74) is 7.22. The van der Waals surface area contributed by atoms with Crippen LogP contribution in [0.15, 0.2) is 18.5 Å². The Bertz CT molecular complexity index is 780. The van der Waals surface area contributed by atoms with Crippen molar-refractivity contribution in [3.8, 4) is 0 Å². The number of rotatable bonds is 7. The summed E-state index contributed by atoms with van der Waals surface area (Å²) in [7, 11) is 1.36. The number of methoxy groups -OCH3 is 1. The Kier molecular flexibility index (Phi) is 5.40. The van der Waals surface area contributed by atoms with E-state index in [-0.39, 0.29) is 18.8 Å². The highest BCUT2D eigenvalue weighted by Crippen LogP contribution is 2.39. The maximum atomic E-state index is 11.3. The first-order valence-corrected chi connectivity index (χ1v) is 8.58. The Morgan fingerprint density at radius 2 is 2.38 bits per heavy atom. The van der Waals surface area contributed by atoms with Crippen LogP contribution in [-0.4, -0.2) is 52.7 Å². The fourth-order valence-corrected chi connectivity index (χ4v) is 3.14. The molecular formula is C17H25N5O4. The monoisotopic (exact) mass is 363 g/mol. The summed E-state index contributed by atoms with van der Waals surface area (Å²) in [6.07, 6.45) is 3.08. The van der Waals surface area contributed by atoms with E-state index in [1.165, 1.54) is 13.4 Å². The van der Waals surface area contributed by atoms with E-state index < -0.39 is 11.6 Å². The van der Waals surface area contributed by atoms with Crippen molar-refractivity contribution in [1.29, 1.82) is 0 Å². The van der Waals surface area contributed by atoms with Crippen molar-refractivity contribution in [2.24, 2.45) is 0 Å². The van der Waals surface area contributed by atoms with Gasteiger partial charge in [0.05, 0.1) is 31.7 Å². The lowest BCUT2D eigenvalue weighted by atomic mass is 10.0. The first-order valence-electron chi connectivity index (χ1n) is 8.58. The number of carbonyl (C=O) groups is 1. The molecule has 9 nitrogen and oxygen atoms in total. The quantitative estimate of drug-likeness (QED) is 0.426. The summed E-state index contributed by atoms with van der Waals surface area (Å²) in [6.45, 7) is 4.42. The van der Waals surface area contributed by atoms with Crippen molar-refractivity contribution in [2.45, 2.75) is 44.4 Å². The van der Waals surface area contributed by atoms with Crippen molar-refractivity contribution < 1.29 is 19.0 Å². The molecule has 0 radical (unpaired) electrons. The molecule has 1 fully saturated rings. The molecule has 3 rings (SSSR count). The largest absolute Gasteiger partial charge is 0.468 e. The minimum absolute atomic E-state index is 0.0812. The highest BCUT2D eigenvalue weighted by atomic mass is 16.6. The van der Waals surface area contributed by atoms with E-state index in [0.29, 0.717) is 12.4 Å². The van der Waals surface area contributed by atoms with Crippen LogP contribution in [0.25, 0.3) is 5.52 Å². The molecule has 0 saturated carbocycles. The molecule has 26 heavy (non-hydrogen) atoms. The molecule has 142 valence electrons. The van der Waals surface area contributed by atoms with E-state index >= 15 is 0 Å². The number of aromatic nitrogens is 3. The number of esters is 1. The molecule has 0 bridgehead atoms. The van der Waals surface area contributed by atoms with Crippen molar-refractivity contribution in [2.75, 3.05) is 26.2 Å². The topological polar surface area (TPSA) is 113 Å². The summed E-state index contributed by atoms with van der Waals surface area (Å²) in [5.74, 6) is 0.125. The van der Waals surface area contributed by atoms with Crippen molar-refractivity contribution >= 4 is 17.3 Å². The predicted molar refractivity (Wildman–Crippen MR) is 94.3 cm³/mol. The van der Waals surface area contributed by atoms with Gasteiger partial charge >= 0.3 is 5.97 Å². The van der Waals surface area contributed by atoms with Gasteiger partial charge in [0.1, 0.15) is 24.0 Å². The SMILES string of the molecule is COC(=O)[C@H](C)NCOC[C@]1(C)CC[C@H](c2ccc3c(N)ncnn23)O1. The van der Waals surface area contributed by atoms with Gasteiger partial charge in [0.25, 0.3) is 0 Å². The van der Waals surface area contributed by atoms with Crippen LogP contribution >= 0.6 is 0 Å². The number of anilines is 1. The summed E-state index contributed by atoms with van der Waals surface area (Å²) in [5, 5.41) is 7.23. The average Bonchev–Trinajstić information content (AvgIpc) is 3.23. The van der Waals surface area contributed by atoms with Gasteiger partial charge in [-0.3, -0.25) is 10.1 Å². The molecule has 1 aliphatic rings. The lowest BCUT2D eigenvalue weighted by molar-refractivity contribution is -0.143. The van der Waals surface area contributed by atoms with Gasteiger partial charge in [0.15, 0.2) is 5.82 Å².